The van der Waals surface area contributed by atoms with Gasteiger partial charge >= 0.3 is 6.09 Å². The number of rotatable bonds is 8. The van der Waals surface area contributed by atoms with E-state index in [9.17, 15) is 9.59 Å². The minimum Gasteiger partial charge on any atom is -0.449 e. The van der Waals surface area contributed by atoms with Crippen LogP contribution in [-0.4, -0.2) is 66.4 Å². The Morgan fingerprint density at radius 1 is 1.36 bits per heavy atom. The van der Waals surface area contributed by atoms with Gasteiger partial charge in [0.05, 0.1) is 6.61 Å². The molecule has 0 bridgehead atoms. The number of thiol groups is 2. The number of nitrogens with one attached hydrogen (secondary N) is 2. The predicted molar refractivity (Wildman–Crippen MR) is 116 cm³/mol. The summed E-state index contributed by atoms with van der Waals surface area (Å²) in [4.78, 5) is 24.1. The fourth-order valence-corrected chi connectivity index (χ4v) is 5.29. The van der Waals surface area contributed by atoms with Gasteiger partial charge in [0.25, 0.3) is 0 Å². The van der Waals surface area contributed by atoms with Crippen LogP contribution in [-0.2, 0) is 9.53 Å². The molecular formula is C15H31N3O3S4. The second-order valence-electron chi connectivity index (χ2n) is 6.51. The Hall–Kier alpha value is 0.1000. The van der Waals surface area contributed by atoms with E-state index in [2.05, 4.69) is 40.1 Å². The summed E-state index contributed by atoms with van der Waals surface area (Å²) in [6.07, 6.45) is 5.44. The van der Waals surface area contributed by atoms with Gasteiger partial charge in [0, 0.05) is 24.9 Å². The van der Waals surface area contributed by atoms with Gasteiger partial charge in [0.15, 0.2) is 0 Å². The number of ether oxygens (including phenoxy) is 1. The Labute approximate surface area is 167 Å². The Kier molecular flexibility index (Phi) is 10.2. The second kappa shape index (κ2) is 11.1. The molecule has 10 heteroatoms. The van der Waals surface area contributed by atoms with Crippen molar-refractivity contribution in [1.82, 2.24) is 14.9 Å². The largest absolute Gasteiger partial charge is 0.449 e. The zero-order valence-electron chi connectivity index (χ0n) is 15.4. The molecule has 25 heavy (non-hydrogen) atoms. The van der Waals surface area contributed by atoms with Gasteiger partial charge in [-0.05, 0) is 31.3 Å². The van der Waals surface area contributed by atoms with Crippen LogP contribution in [0, 0.1) is 5.92 Å². The standard InChI is InChI=1S/C15H31N3O3S4/c1-11(2)9-21-15(20)17-13(10-22)14(19)16-12-5-7-18(8-6-12)25(4,23)24-3/h11-13,22-23H,5-10H2,1-4H3,(H,16,19)(H,17,20). The van der Waals surface area contributed by atoms with Crippen LogP contribution in [0.4, 0.5) is 4.79 Å². The summed E-state index contributed by atoms with van der Waals surface area (Å²) >= 11 is 8.93. The van der Waals surface area contributed by atoms with E-state index in [1.807, 2.05) is 13.8 Å². The van der Waals surface area contributed by atoms with Crippen LogP contribution in [0.5, 0.6) is 0 Å². The van der Waals surface area contributed by atoms with Crippen molar-refractivity contribution >= 4 is 55.4 Å². The Balaban J connectivity index is 2.43. The lowest BCUT2D eigenvalue weighted by Gasteiger charge is -2.44. The summed E-state index contributed by atoms with van der Waals surface area (Å²) in [5.41, 5.74) is 0. The first-order valence-electron chi connectivity index (χ1n) is 8.35. The fourth-order valence-electron chi connectivity index (χ4n) is 2.37. The summed E-state index contributed by atoms with van der Waals surface area (Å²) in [7, 11) is 0.708. The predicted octanol–water partition coefficient (Wildman–Crippen LogP) is 2.72. The maximum absolute atomic E-state index is 12.4. The molecule has 0 saturated carbocycles. The van der Waals surface area contributed by atoms with E-state index < -0.39 is 20.4 Å². The van der Waals surface area contributed by atoms with Gasteiger partial charge in [-0.15, -0.1) is 11.7 Å². The molecule has 1 saturated heterocycles. The topological polar surface area (TPSA) is 70.7 Å². The van der Waals surface area contributed by atoms with Crippen molar-refractivity contribution in [3.05, 3.63) is 0 Å². The van der Waals surface area contributed by atoms with Crippen molar-refractivity contribution in [2.75, 3.05) is 38.0 Å². The monoisotopic (exact) mass is 429 g/mol. The van der Waals surface area contributed by atoms with Gasteiger partial charge in [0.1, 0.15) is 6.04 Å². The van der Waals surface area contributed by atoms with Crippen LogP contribution in [0.2, 0.25) is 0 Å². The van der Waals surface area contributed by atoms with Gasteiger partial charge < -0.3 is 15.4 Å². The number of piperidine rings is 1. The molecule has 2 N–H and O–H groups in total. The maximum Gasteiger partial charge on any atom is 0.407 e. The van der Waals surface area contributed by atoms with Gasteiger partial charge in [-0.25, -0.2) is 4.79 Å². The number of carbonyl (C=O) groups is 2. The van der Waals surface area contributed by atoms with Crippen LogP contribution in [0.1, 0.15) is 26.7 Å². The van der Waals surface area contributed by atoms with E-state index in [0.717, 1.165) is 25.9 Å². The van der Waals surface area contributed by atoms with Gasteiger partial charge in [-0.3, -0.25) is 9.10 Å². The minimum atomic E-state index is -1.08. The molecule has 0 spiro atoms. The van der Waals surface area contributed by atoms with Crippen molar-refractivity contribution < 1.29 is 14.3 Å². The molecule has 6 nitrogen and oxygen atoms in total. The Morgan fingerprint density at radius 3 is 2.44 bits per heavy atom. The summed E-state index contributed by atoms with van der Waals surface area (Å²) in [5, 5.41) is 5.60. The zero-order chi connectivity index (χ0) is 19.0. The number of nitrogens with zero attached hydrogens (tertiary/aromatic N) is 1. The highest BCUT2D eigenvalue weighted by molar-refractivity contribution is 9.20. The van der Waals surface area contributed by atoms with E-state index in [-0.39, 0.29) is 23.6 Å². The summed E-state index contributed by atoms with van der Waals surface area (Å²) in [5.74, 6) is 0.271. The molecule has 1 aliphatic rings. The van der Waals surface area contributed by atoms with Crippen LogP contribution in [0.15, 0.2) is 0 Å². The number of carbonyl (C=O) groups excluding carboxylic acids is 2. The molecule has 1 aliphatic heterocycles. The summed E-state index contributed by atoms with van der Waals surface area (Å²) in [6, 6.07) is -0.571. The number of hydrogen-bond acceptors (Lipinski definition) is 7. The number of alkyl carbamates (subject to hydrolysis) is 1. The number of amides is 2. The minimum absolute atomic E-state index is 0.116. The first-order chi connectivity index (χ1) is 11.7. The van der Waals surface area contributed by atoms with Crippen LogP contribution >= 0.6 is 43.4 Å². The molecule has 0 aromatic heterocycles. The molecule has 1 rings (SSSR count). The van der Waals surface area contributed by atoms with E-state index >= 15 is 0 Å². The average Bonchev–Trinajstić information content (AvgIpc) is 2.58. The van der Waals surface area contributed by atoms with Crippen LogP contribution in [0.25, 0.3) is 0 Å². The SMILES string of the molecule is CSS(C)(S)N1CCC(NC(=O)C(CS)NC(=O)OCC(C)C)CC1. The lowest BCUT2D eigenvalue weighted by atomic mass is 10.1. The zero-order valence-corrected chi connectivity index (χ0v) is 18.8. The second-order valence-corrected chi connectivity index (χ2v) is 15.1. The van der Waals surface area contributed by atoms with Crippen molar-refractivity contribution in [2.24, 2.45) is 5.92 Å². The third-order valence-electron chi connectivity index (χ3n) is 3.93. The molecule has 1 fully saturated rings. The van der Waals surface area contributed by atoms with E-state index in [1.165, 1.54) is 0 Å². The van der Waals surface area contributed by atoms with Gasteiger partial charge in [0.2, 0.25) is 5.91 Å². The third-order valence-corrected chi connectivity index (χ3v) is 10.8. The lowest BCUT2D eigenvalue weighted by molar-refractivity contribution is -0.123. The van der Waals surface area contributed by atoms with Crippen molar-refractivity contribution in [2.45, 2.75) is 38.8 Å². The third kappa shape index (κ3) is 8.11. The first-order valence-corrected chi connectivity index (χ1v) is 13.8. The highest BCUT2D eigenvalue weighted by Crippen LogP contribution is 2.62. The molecule has 2 amide bonds. The van der Waals surface area contributed by atoms with Gasteiger partial charge in [-0.2, -0.15) is 12.6 Å². The molecule has 0 aromatic carbocycles. The first kappa shape index (κ1) is 23.1. The average molecular weight is 430 g/mol. The van der Waals surface area contributed by atoms with E-state index in [0.29, 0.717) is 6.61 Å². The van der Waals surface area contributed by atoms with Crippen molar-refractivity contribution in [3.8, 4) is 0 Å². The van der Waals surface area contributed by atoms with Gasteiger partial charge in [-0.1, -0.05) is 32.9 Å². The van der Waals surface area contributed by atoms with Crippen LogP contribution < -0.4 is 10.6 Å². The Morgan fingerprint density at radius 2 is 1.96 bits per heavy atom. The lowest BCUT2D eigenvalue weighted by Crippen LogP contribution is -2.52. The maximum atomic E-state index is 12.4. The summed E-state index contributed by atoms with van der Waals surface area (Å²) in [6.45, 7) is 6.06. The molecular weight excluding hydrogens is 398 g/mol. The molecule has 2 unspecified atom stereocenters. The summed E-state index contributed by atoms with van der Waals surface area (Å²) < 4.78 is 7.45. The number of hydrogen-bond donors (Lipinski definition) is 4. The molecule has 1 heterocycles. The fraction of sp³-hybridized carbons (Fsp3) is 0.867. The molecule has 0 radical (unpaired) electrons. The normalized spacial score (nSPS) is 21.2. The Bertz CT molecular complexity index is 444. The molecule has 0 aliphatic carbocycles. The van der Waals surface area contributed by atoms with E-state index in [4.69, 9.17) is 16.4 Å². The van der Waals surface area contributed by atoms with Crippen molar-refractivity contribution in [1.29, 1.82) is 0 Å². The molecule has 0 aromatic rings. The highest BCUT2D eigenvalue weighted by atomic mass is 33.5. The van der Waals surface area contributed by atoms with Crippen LogP contribution in [0.3, 0.4) is 0 Å². The van der Waals surface area contributed by atoms with Crippen molar-refractivity contribution in [3.63, 3.8) is 0 Å². The molecule has 2 atom stereocenters. The van der Waals surface area contributed by atoms with E-state index in [1.54, 1.807) is 10.8 Å². The quantitative estimate of drug-likeness (QED) is 0.353. The highest BCUT2D eigenvalue weighted by Gasteiger charge is 2.29. The smallest absolute Gasteiger partial charge is 0.407 e. The molecule has 148 valence electrons.